The number of nitrogens with one attached hydrogen (secondary N) is 1. The number of carbonyl (C=O) groups excluding carboxylic acids is 3. The Bertz CT molecular complexity index is 1010. The molecule has 4 rings (SSSR count). The lowest BCUT2D eigenvalue weighted by Crippen LogP contribution is -2.50. The molecule has 3 heterocycles. The highest BCUT2D eigenvalue weighted by molar-refractivity contribution is 7.91. The van der Waals surface area contributed by atoms with Gasteiger partial charge in [0.1, 0.15) is 12.3 Å². The second-order valence-corrected chi connectivity index (χ2v) is 10.2. The molecule has 1 aromatic carbocycles. The molecule has 0 aromatic heterocycles. The van der Waals surface area contributed by atoms with Crippen LogP contribution in [0, 0.1) is 0 Å². The average Bonchev–Trinajstić information content (AvgIpc) is 3.21. The Morgan fingerprint density at radius 2 is 2.13 bits per heavy atom. The van der Waals surface area contributed by atoms with E-state index in [4.69, 9.17) is 9.47 Å². The number of rotatable bonds is 6. The van der Waals surface area contributed by atoms with Crippen molar-refractivity contribution in [3.05, 3.63) is 29.8 Å². The maximum absolute atomic E-state index is 13.3. The summed E-state index contributed by atoms with van der Waals surface area (Å²) in [6, 6.07) is 5.86. The van der Waals surface area contributed by atoms with Gasteiger partial charge in [-0.3, -0.25) is 14.5 Å². The van der Waals surface area contributed by atoms with E-state index >= 15 is 0 Å². The summed E-state index contributed by atoms with van der Waals surface area (Å²) in [5, 5.41) is 2.76. The van der Waals surface area contributed by atoms with Gasteiger partial charge >= 0.3 is 6.03 Å². The van der Waals surface area contributed by atoms with Crippen molar-refractivity contribution in [2.24, 2.45) is 0 Å². The molecule has 3 aliphatic heterocycles. The maximum Gasteiger partial charge on any atom is 0.325 e. The van der Waals surface area contributed by atoms with E-state index in [2.05, 4.69) is 5.32 Å². The maximum atomic E-state index is 13.3. The number of nitrogens with zero attached hydrogens (tertiary/aromatic N) is 2. The van der Waals surface area contributed by atoms with E-state index in [0.29, 0.717) is 17.7 Å². The molecule has 1 aromatic rings. The lowest BCUT2D eigenvalue weighted by Gasteiger charge is -2.33. The van der Waals surface area contributed by atoms with Gasteiger partial charge in [0.05, 0.1) is 24.7 Å². The first-order valence-electron chi connectivity index (χ1n) is 10.1. The van der Waals surface area contributed by atoms with Crippen LogP contribution in [0.2, 0.25) is 0 Å². The third kappa shape index (κ3) is 3.87. The summed E-state index contributed by atoms with van der Waals surface area (Å²) in [5.74, 6) is -0.588. The van der Waals surface area contributed by atoms with Crippen LogP contribution >= 0.6 is 0 Å². The summed E-state index contributed by atoms with van der Waals surface area (Å²) in [6.45, 7) is 0.193. The number of hydrogen-bond acceptors (Lipinski definition) is 7. The minimum absolute atomic E-state index is 0.0114. The number of sulfone groups is 1. The van der Waals surface area contributed by atoms with E-state index in [1.54, 1.807) is 24.3 Å². The van der Waals surface area contributed by atoms with Crippen LogP contribution in [0.3, 0.4) is 0 Å². The van der Waals surface area contributed by atoms with Gasteiger partial charge in [-0.15, -0.1) is 0 Å². The molecule has 2 atom stereocenters. The van der Waals surface area contributed by atoms with Crippen LogP contribution in [0.25, 0.3) is 0 Å². The zero-order valence-corrected chi connectivity index (χ0v) is 18.0. The molecule has 0 saturated carbocycles. The molecule has 3 aliphatic rings. The Kier molecular flexibility index (Phi) is 5.65. The molecule has 10 nitrogen and oxygen atoms in total. The number of fused-ring (bicyclic) bond motifs is 2. The first-order valence-corrected chi connectivity index (χ1v) is 11.9. The first kappa shape index (κ1) is 21.6. The number of imide groups is 1. The Morgan fingerprint density at radius 3 is 2.84 bits per heavy atom. The summed E-state index contributed by atoms with van der Waals surface area (Å²) in [7, 11) is -1.73. The number of carbonyl (C=O) groups is 3. The highest BCUT2D eigenvalue weighted by Crippen LogP contribution is 2.40. The van der Waals surface area contributed by atoms with Crippen LogP contribution in [-0.4, -0.2) is 87.0 Å². The number of benzene rings is 1. The van der Waals surface area contributed by atoms with Crippen molar-refractivity contribution < 1.29 is 32.3 Å². The summed E-state index contributed by atoms with van der Waals surface area (Å²) in [5.41, 5.74) is -0.701. The molecule has 2 fully saturated rings. The fraction of sp³-hybridized carbons (Fsp3) is 0.550. The molecule has 0 aliphatic carbocycles. The van der Waals surface area contributed by atoms with E-state index in [0.717, 1.165) is 4.90 Å². The van der Waals surface area contributed by atoms with Crippen LogP contribution in [0.15, 0.2) is 24.3 Å². The predicted octanol–water partition coefficient (Wildman–Crippen LogP) is -0.122. The molecule has 31 heavy (non-hydrogen) atoms. The third-order valence-electron chi connectivity index (χ3n) is 6.06. The standard InChI is InChI=1S/C20H25N3O7S/c1-29-10-8-22(14-6-11-31(27,28)13-14)17(24)12-23-18(25)20(21-19(23)26)7-9-30-16-5-3-2-4-15(16)20/h2-5,14H,6-13H2,1H3,(H,21,26). The molecule has 0 bridgehead atoms. The van der Waals surface area contributed by atoms with Gasteiger partial charge in [-0.05, 0) is 12.5 Å². The number of urea groups is 1. The summed E-state index contributed by atoms with van der Waals surface area (Å²) in [6.07, 6.45) is 0.583. The summed E-state index contributed by atoms with van der Waals surface area (Å²) < 4.78 is 34.5. The number of para-hydroxylation sites is 1. The van der Waals surface area contributed by atoms with Gasteiger partial charge in [-0.2, -0.15) is 0 Å². The van der Waals surface area contributed by atoms with Gasteiger partial charge in [0.15, 0.2) is 15.4 Å². The van der Waals surface area contributed by atoms with E-state index in [1.165, 1.54) is 12.0 Å². The van der Waals surface area contributed by atoms with Crippen molar-refractivity contribution >= 4 is 27.7 Å². The number of hydrogen-bond donors (Lipinski definition) is 1. The number of methoxy groups -OCH3 is 1. The van der Waals surface area contributed by atoms with Gasteiger partial charge in [0, 0.05) is 31.7 Å². The fourth-order valence-electron chi connectivity index (χ4n) is 4.46. The van der Waals surface area contributed by atoms with Gasteiger partial charge in [0.2, 0.25) is 5.91 Å². The van der Waals surface area contributed by atoms with E-state index in [9.17, 15) is 22.8 Å². The van der Waals surface area contributed by atoms with E-state index < -0.39 is 45.8 Å². The minimum Gasteiger partial charge on any atom is -0.493 e. The average molecular weight is 452 g/mol. The largest absolute Gasteiger partial charge is 0.493 e. The zero-order valence-electron chi connectivity index (χ0n) is 17.2. The smallest absolute Gasteiger partial charge is 0.325 e. The van der Waals surface area contributed by atoms with Gasteiger partial charge in [-0.1, -0.05) is 18.2 Å². The molecule has 1 spiro atoms. The van der Waals surface area contributed by atoms with Crippen molar-refractivity contribution in [3.8, 4) is 5.75 Å². The van der Waals surface area contributed by atoms with Crippen LogP contribution in [-0.2, 0) is 29.7 Å². The van der Waals surface area contributed by atoms with Gasteiger partial charge in [-0.25, -0.2) is 13.2 Å². The molecule has 168 valence electrons. The molecule has 2 unspecified atom stereocenters. The normalized spacial score (nSPS) is 26.5. The zero-order chi connectivity index (χ0) is 22.2. The van der Waals surface area contributed by atoms with Gasteiger partial charge in [0.25, 0.3) is 5.91 Å². The highest BCUT2D eigenvalue weighted by atomic mass is 32.2. The van der Waals surface area contributed by atoms with Crippen LogP contribution in [0.1, 0.15) is 18.4 Å². The molecular weight excluding hydrogens is 426 g/mol. The third-order valence-corrected chi connectivity index (χ3v) is 7.81. The number of amides is 4. The lowest BCUT2D eigenvalue weighted by molar-refractivity contribution is -0.141. The van der Waals surface area contributed by atoms with E-state index in [-0.39, 0.29) is 37.7 Å². The van der Waals surface area contributed by atoms with Crippen molar-refractivity contribution in [1.82, 2.24) is 15.1 Å². The summed E-state index contributed by atoms with van der Waals surface area (Å²) >= 11 is 0. The fourth-order valence-corrected chi connectivity index (χ4v) is 6.19. The minimum atomic E-state index is -3.21. The number of ether oxygens (including phenoxy) is 2. The Labute approximate surface area is 180 Å². The molecule has 0 radical (unpaired) electrons. The van der Waals surface area contributed by atoms with Gasteiger partial charge < -0.3 is 19.7 Å². The van der Waals surface area contributed by atoms with Crippen LogP contribution < -0.4 is 10.1 Å². The highest BCUT2D eigenvalue weighted by Gasteiger charge is 2.55. The SMILES string of the molecule is COCCN(C(=O)CN1C(=O)NC2(CCOc3ccccc32)C1=O)C1CCS(=O)(=O)C1. The second-order valence-electron chi connectivity index (χ2n) is 7.96. The van der Waals surface area contributed by atoms with Crippen LogP contribution in [0.4, 0.5) is 4.79 Å². The van der Waals surface area contributed by atoms with Crippen molar-refractivity contribution in [2.45, 2.75) is 24.4 Å². The Balaban J connectivity index is 1.55. The molecule has 1 N–H and O–H groups in total. The summed E-state index contributed by atoms with van der Waals surface area (Å²) in [4.78, 5) is 41.5. The Morgan fingerprint density at radius 1 is 1.35 bits per heavy atom. The molecule has 11 heteroatoms. The van der Waals surface area contributed by atoms with Crippen molar-refractivity contribution in [1.29, 1.82) is 0 Å². The van der Waals surface area contributed by atoms with Crippen LogP contribution in [0.5, 0.6) is 5.75 Å². The molecule has 4 amide bonds. The van der Waals surface area contributed by atoms with Crippen molar-refractivity contribution in [2.75, 3.05) is 44.9 Å². The second kappa shape index (κ2) is 8.12. The van der Waals surface area contributed by atoms with Crippen molar-refractivity contribution in [3.63, 3.8) is 0 Å². The van der Waals surface area contributed by atoms with E-state index in [1.807, 2.05) is 0 Å². The first-order chi connectivity index (χ1) is 14.8. The quantitative estimate of drug-likeness (QED) is 0.598. The predicted molar refractivity (Wildman–Crippen MR) is 109 cm³/mol. The monoisotopic (exact) mass is 451 g/mol. The topological polar surface area (TPSA) is 122 Å². The molecular formula is C20H25N3O7S. The lowest BCUT2D eigenvalue weighted by atomic mass is 9.84. The molecule has 2 saturated heterocycles. The Hall–Kier alpha value is -2.66.